The minimum atomic E-state index is 0.107. The highest BCUT2D eigenvalue weighted by Gasteiger charge is 2.30. The highest BCUT2D eigenvalue weighted by Crippen LogP contribution is 2.33. The monoisotopic (exact) mass is 255 g/mol. The number of carbonyl (C=O) groups is 1. The number of aliphatic hydroxyl groups is 1. The van der Waals surface area contributed by atoms with Gasteiger partial charge in [0.2, 0.25) is 5.91 Å². The molecular weight excluding hydrogens is 226 g/mol. The molecule has 0 saturated heterocycles. The Hall–Kier alpha value is -0.570. The van der Waals surface area contributed by atoms with Crippen LogP contribution >= 0.6 is 0 Å². The van der Waals surface area contributed by atoms with Crippen molar-refractivity contribution in [2.45, 2.75) is 59.4 Å². The van der Waals surface area contributed by atoms with E-state index in [2.05, 4.69) is 33.0 Å². The molecule has 1 aliphatic carbocycles. The van der Waals surface area contributed by atoms with Crippen LogP contribution in [0.1, 0.15) is 53.4 Å². The SMILES string of the molecule is CC1CC(C)CC(C(=O)NC(CCO)C(C)C)C1. The van der Waals surface area contributed by atoms with Gasteiger partial charge in [-0.05, 0) is 43.4 Å². The highest BCUT2D eigenvalue weighted by molar-refractivity contribution is 5.79. The lowest BCUT2D eigenvalue weighted by Crippen LogP contribution is -2.44. The third-order valence-electron chi connectivity index (χ3n) is 4.12. The van der Waals surface area contributed by atoms with E-state index in [1.54, 1.807) is 0 Å². The van der Waals surface area contributed by atoms with E-state index in [4.69, 9.17) is 5.11 Å². The summed E-state index contributed by atoms with van der Waals surface area (Å²) in [6.45, 7) is 8.80. The van der Waals surface area contributed by atoms with Gasteiger partial charge in [0.15, 0.2) is 0 Å². The summed E-state index contributed by atoms with van der Waals surface area (Å²) in [7, 11) is 0. The molecule has 0 bridgehead atoms. The molecule has 1 rings (SSSR count). The summed E-state index contributed by atoms with van der Waals surface area (Å²) in [4.78, 5) is 12.3. The molecule has 0 spiro atoms. The Morgan fingerprint density at radius 3 is 2.22 bits per heavy atom. The summed E-state index contributed by atoms with van der Waals surface area (Å²) in [5.74, 6) is 2.04. The van der Waals surface area contributed by atoms with E-state index in [9.17, 15) is 4.79 Å². The summed E-state index contributed by atoms with van der Waals surface area (Å²) >= 11 is 0. The number of rotatable bonds is 5. The maximum absolute atomic E-state index is 12.3. The van der Waals surface area contributed by atoms with Gasteiger partial charge in [0.25, 0.3) is 0 Å². The Morgan fingerprint density at radius 2 is 1.78 bits per heavy atom. The van der Waals surface area contributed by atoms with Crippen LogP contribution in [0.25, 0.3) is 0 Å². The summed E-state index contributed by atoms with van der Waals surface area (Å²) in [6.07, 6.45) is 3.93. The zero-order chi connectivity index (χ0) is 13.7. The predicted octanol–water partition coefficient (Wildman–Crippen LogP) is 2.58. The molecule has 3 unspecified atom stereocenters. The second-order valence-corrected chi connectivity index (χ2v) is 6.49. The fourth-order valence-corrected chi connectivity index (χ4v) is 3.17. The first-order chi connectivity index (χ1) is 8.43. The van der Waals surface area contributed by atoms with E-state index in [1.165, 1.54) is 6.42 Å². The molecule has 3 heteroatoms. The molecule has 0 aromatic heterocycles. The highest BCUT2D eigenvalue weighted by atomic mass is 16.3. The third kappa shape index (κ3) is 4.60. The summed E-state index contributed by atoms with van der Waals surface area (Å²) in [6, 6.07) is 0.107. The van der Waals surface area contributed by atoms with Gasteiger partial charge in [0.1, 0.15) is 0 Å². The molecule has 1 fully saturated rings. The summed E-state index contributed by atoms with van der Waals surface area (Å²) < 4.78 is 0. The maximum Gasteiger partial charge on any atom is 0.223 e. The molecule has 2 N–H and O–H groups in total. The predicted molar refractivity (Wildman–Crippen MR) is 74.1 cm³/mol. The number of aliphatic hydroxyl groups excluding tert-OH is 1. The fourth-order valence-electron chi connectivity index (χ4n) is 3.17. The van der Waals surface area contributed by atoms with E-state index in [1.807, 2.05) is 0 Å². The van der Waals surface area contributed by atoms with Crippen LogP contribution in [0.3, 0.4) is 0 Å². The van der Waals surface area contributed by atoms with Crippen molar-refractivity contribution >= 4 is 5.91 Å². The van der Waals surface area contributed by atoms with Crippen molar-refractivity contribution in [2.24, 2.45) is 23.7 Å². The smallest absolute Gasteiger partial charge is 0.223 e. The van der Waals surface area contributed by atoms with Crippen LogP contribution in [0, 0.1) is 23.7 Å². The molecule has 1 saturated carbocycles. The van der Waals surface area contributed by atoms with Crippen LogP contribution in [0.5, 0.6) is 0 Å². The standard InChI is InChI=1S/C15H29NO2/c1-10(2)14(5-6-17)16-15(18)13-8-11(3)7-12(4)9-13/h10-14,17H,5-9H2,1-4H3,(H,16,18). The molecular formula is C15H29NO2. The largest absolute Gasteiger partial charge is 0.396 e. The molecule has 1 amide bonds. The van der Waals surface area contributed by atoms with Gasteiger partial charge in [-0.15, -0.1) is 0 Å². The van der Waals surface area contributed by atoms with Crippen molar-refractivity contribution < 1.29 is 9.90 Å². The lowest BCUT2D eigenvalue weighted by atomic mass is 9.76. The van der Waals surface area contributed by atoms with Gasteiger partial charge >= 0.3 is 0 Å². The molecule has 0 aromatic carbocycles. The van der Waals surface area contributed by atoms with Crippen molar-refractivity contribution in [3.63, 3.8) is 0 Å². The number of carbonyl (C=O) groups excluding carboxylic acids is 1. The van der Waals surface area contributed by atoms with Crippen LogP contribution < -0.4 is 5.32 Å². The van der Waals surface area contributed by atoms with E-state index < -0.39 is 0 Å². The average molecular weight is 255 g/mol. The molecule has 0 radical (unpaired) electrons. The Morgan fingerprint density at radius 1 is 1.22 bits per heavy atom. The van der Waals surface area contributed by atoms with E-state index >= 15 is 0 Å². The molecule has 106 valence electrons. The lowest BCUT2D eigenvalue weighted by molar-refractivity contribution is -0.128. The molecule has 3 atom stereocenters. The topological polar surface area (TPSA) is 49.3 Å². The van der Waals surface area contributed by atoms with Gasteiger partial charge in [-0.25, -0.2) is 0 Å². The van der Waals surface area contributed by atoms with Crippen molar-refractivity contribution in [3.05, 3.63) is 0 Å². The van der Waals surface area contributed by atoms with Crippen LogP contribution in [-0.2, 0) is 4.79 Å². The molecule has 0 aromatic rings. The molecule has 0 aliphatic heterocycles. The lowest BCUT2D eigenvalue weighted by Gasteiger charge is -2.32. The van der Waals surface area contributed by atoms with E-state index in [-0.39, 0.29) is 24.5 Å². The first-order valence-electron chi connectivity index (χ1n) is 7.35. The van der Waals surface area contributed by atoms with Crippen molar-refractivity contribution in [3.8, 4) is 0 Å². The number of hydrogen-bond donors (Lipinski definition) is 2. The van der Waals surface area contributed by atoms with Gasteiger partial charge in [0, 0.05) is 18.6 Å². The summed E-state index contributed by atoms with van der Waals surface area (Å²) in [5, 5.41) is 12.2. The van der Waals surface area contributed by atoms with Crippen molar-refractivity contribution in [1.29, 1.82) is 0 Å². The van der Waals surface area contributed by atoms with E-state index in [0.717, 1.165) is 12.8 Å². The number of amides is 1. The van der Waals surface area contributed by atoms with Gasteiger partial charge in [-0.2, -0.15) is 0 Å². The molecule has 3 nitrogen and oxygen atoms in total. The van der Waals surface area contributed by atoms with Crippen LogP contribution in [0.15, 0.2) is 0 Å². The Kier molecular flexibility index (Phi) is 6.13. The zero-order valence-corrected chi connectivity index (χ0v) is 12.3. The average Bonchev–Trinajstić information content (AvgIpc) is 2.26. The van der Waals surface area contributed by atoms with Gasteiger partial charge in [0.05, 0.1) is 0 Å². The van der Waals surface area contributed by atoms with Crippen LogP contribution in [-0.4, -0.2) is 23.7 Å². The second-order valence-electron chi connectivity index (χ2n) is 6.49. The van der Waals surface area contributed by atoms with Gasteiger partial charge in [-0.3, -0.25) is 4.79 Å². The third-order valence-corrected chi connectivity index (χ3v) is 4.12. The zero-order valence-electron chi connectivity index (χ0n) is 12.3. The Balaban J connectivity index is 2.52. The first-order valence-corrected chi connectivity index (χ1v) is 7.35. The maximum atomic E-state index is 12.3. The normalized spacial score (nSPS) is 30.2. The van der Waals surface area contributed by atoms with E-state index in [0.29, 0.717) is 24.2 Å². The molecule has 18 heavy (non-hydrogen) atoms. The fraction of sp³-hybridized carbons (Fsp3) is 0.933. The molecule has 1 aliphatic rings. The minimum Gasteiger partial charge on any atom is -0.396 e. The molecule has 0 heterocycles. The van der Waals surface area contributed by atoms with Crippen LogP contribution in [0.4, 0.5) is 0 Å². The Bertz CT molecular complexity index is 255. The van der Waals surface area contributed by atoms with Gasteiger partial charge < -0.3 is 10.4 Å². The second kappa shape index (κ2) is 7.13. The van der Waals surface area contributed by atoms with Crippen molar-refractivity contribution in [1.82, 2.24) is 5.32 Å². The number of nitrogens with one attached hydrogen (secondary N) is 1. The van der Waals surface area contributed by atoms with Crippen LogP contribution in [0.2, 0.25) is 0 Å². The number of hydrogen-bond acceptors (Lipinski definition) is 2. The van der Waals surface area contributed by atoms with Gasteiger partial charge in [-0.1, -0.05) is 27.7 Å². The minimum absolute atomic E-state index is 0.107. The first kappa shape index (κ1) is 15.5. The summed E-state index contributed by atoms with van der Waals surface area (Å²) in [5.41, 5.74) is 0. The van der Waals surface area contributed by atoms with Crippen molar-refractivity contribution in [2.75, 3.05) is 6.61 Å². The quantitative estimate of drug-likeness (QED) is 0.793. The Labute approximate surface area is 111 Å².